The van der Waals surface area contributed by atoms with E-state index < -0.39 is 0 Å². The number of anilines is 1. The van der Waals surface area contributed by atoms with Crippen LogP contribution in [0.25, 0.3) is 0 Å². The first-order valence-electron chi connectivity index (χ1n) is 13.2. The van der Waals surface area contributed by atoms with Crippen LogP contribution in [-0.2, 0) is 9.59 Å². The van der Waals surface area contributed by atoms with E-state index in [2.05, 4.69) is 41.8 Å². The molecule has 2 fully saturated rings. The number of pyridine rings is 1. The molecule has 0 saturated carbocycles. The zero-order valence-corrected chi connectivity index (χ0v) is 24.3. The van der Waals surface area contributed by atoms with Crippen LogP contribution in [0.4, 0.5) is 5.69 Å². The molecule has 2 amide bonds. The smallest absolute Gasteiger partial charge is 0.223 e. The lowest BCUT2D eigenvalue weighted by atomic mass is 10.0. The Morgan fingerprint density at radius 1 is 1.13 bits per heavy atom. The monoisotopic (exact) mass is 545 g/mol. The molecule has 2 saturated heterocycles. The van der Waals surface area contributed by atoms with E-state index in [1.807, 2.05) is 11.0 Å². The molecule has 10 nitrogen and oxygen atoms in total. The van der Waals surface area contributed by atoms with Gasteiger partial charge in [-0.05, 0) is 77.4 Å². The molecule has 2 atom stereocenters. The van der Waals surface area contributed by atoms with E-state index in [-0.39, 0.29) is 11.8 Å². The van der Waals surface area contributed by atoms with Gasteiger partial charge in [-0.1, -0.05) is 25.1 Å². The third-order valence-electron chi connectivity index (χ3n) is 6.00. The van der Waals surface area contributed by atoms with E-state index in [4.69, 9.17) is 9.84 Å². The number of likely N-dealkylation sites (tertiary alicyclic amines) is 2. The average Bonchev–Trinajstić information content (AvgIpc) is 3.32. The van der Waals surface area contributed by atoms with Crippen LogP contribution >= 0.6 is 0 Å². The second-order valence-electron chi connectivity index (χ2n) is 9.28. The van der Waals surface area contributed by atoms with E-state index in [0.29, 0.717) is 29.2 Å². The van der Waals surface area contributed by atoms with Gasteiger partial charge in [0.05, 0.1) is 24.6 Å². The van der Waals surface area contributed by atoms with Crippen LogP contribution in [0.2, 0.25) is 0 Å². The number of aromatic hydroxyl groups is 1. The summed E-state index contributed by atoms with van der Waals surface area (Å²) in [5.41, 5.74) is 5.28. The van der Waals surface area contributed by atoms with Gasteiger partial charge < -0.3 is 30.7 Å². The Hall–Kier alpha value is -3.50. The van der Waals surface area contributed by atoms with E-state index in [1.165, 1.54) is 65.6 Å². The predicted octanol–water partition coefficient (Wildman–Crippen LogP) is 3.80. The van der Waals surface area contributed by atoms with Crippen molar-refractivity contribution in [3.63, 3.8) is 0 Å². The van der Waals surface area contributed by atoms with Crippen molar-refractivity contribution in [2.45, 2.75) is 52.5 Å². The number of benzene rings is 1. The number of methoxy groups -OCH3 is 1. The molecule has 4 N–H and O–H groups in total. The van der Waals surface area contributed by atoms with Crippen molar-refractivity contribution >= 4 is 24.3 Å². The lowest BCUT2D eigenvalue weighted by Crippen LogP contribution is -2.32. The maximum absolute atomic E-state index is 10.7. The summed E-state index contributed by atoms with van der Waals surface area (Å²) in [4.78, 5) is 39.6. The highest BCUT2D eigenvalue weighted by atomic mass is 16.5. The minimum atomic E-state index is -0.214. The average molecular weight is 546 g/mol. The van der Waals surface area contributed by atoms with Gasteiger partial charge in [-0.25, -0.2) is 4.98 Å². The van der Waals surface area contributed by atoms with Crippen LogP contribution in [0.5, 0.6) is 11.6 Å². The summed E-state index contributed by atoms with van der Waals surface area (Å²) >= 11 is 0. The van der Waals surface area contributed by atoms with Crippen molar-refractivity contribution in [2.24, 2.45) is 11.7 Å². The second kappa shape index (κ2) is 21.4. The van der Waals surface area contributed by atoms with Crippen LogP contribution in [0.3, 0.4) is 0 Å². The van der Waals surface area contributed by atoms with Gasteiger partial charge in [-0.3, -0.25) is 14.4 Å². The Kier molecular flexibility index (Phi) is 19.5. The summed E-state index contributed by atoms with van der Waals surface area (Å²) in [7, 11) is 5.12. The second-order valence-corrected chi connectivity index (χ2v) is 9.28. The lowest BCUT2D eigenvalue weighted by Gasteiger charge is -2.27. The molecule has 3 heterocycles. The summed E-state index contributed by atoms with van der Waals surface area (Å²) in [6, 6.07) is 11.1. The fraction of sp³-hybridized carbons (Fsp3) is 0.517. The normalized spacial score (nSPS) is 17.7. The van der Waals surface area contributed by atoms with Crippen LogP contribution in [0.15, 0.2) is 42.6 Å². The van der Waals surface area contributed by atoms with Crippen molar-refractivity contribution < 1.29 is 24.2 Å². The number of rotatable bonds is 4. The Bertz CT molecular complexity index is 937. The Balaban J connectivity index is 0.000000503. The van der Waals surface area contributed by atoms with Crippen molar-refractivity contribution in [2.75, 3.05) is 46.2 Å². The molecule has 2 aliphatic rings. The summed E-state index contributed by atoms with van der Waals surface area (Å²) in [5, 5.41) is 11.1. The highest BCUT2D eigenvalue weighted by Gasteiger charge is 2.14. The number of hydrogen-bond acceptors (Lipinski definition) is 8. The van der Waals surface area contributed by atoms with Gasteiger partial charge in [0, 0.05) is 26.1 Å². The van der Waals surface area contributed by atoms with Gasteiger partial charge >= 0.3 is 0 Å². The number of nitrogens with two attached hydrogens (primary N) is 1. The minimum Gasteiger partial charge on any atom is -0.508 e. The molecule has 39 heavy (non-hydrogen) atoms. The van der Waals surface area contributed by atoms with E-state index >= 15 is 0 Å². The molecule has 0 bridgehead atoms. The van der Waals surface area contributed by atoms with Gasteiger partial charge in [0.1, 0.15) is 5.75 Å². The van der Waals surface area contributed by atoms with Gasteiger partial charge in [-0.2, -0.15) is 0 Å². The lowest BCUT2D eigenvalue weighted by molar-refractivity contribution is -0.119. The quantitative estimate of drug-likeness (QED) is 0.493. The molecular formula is C29H47N5O5. The summed E-state index contributed by atoms with van der Waals surface area (Å²) in [6.07, 6.45) is 8.26. The molecule has 0 aliphatic carbocycles. The SMILES string of the molecule is CC1CCCN(C=O)C1.CN.COc1ncc(NC(C)=O)cc1C=O.C[C@@H]1CCCN1C.Oc1ccccc1. The number of ether oxygens (including phenoxy) is 1. The number of para-hydroxylation sites is 1. The maximum atomic E-state index is 10.7. The van der Waals surface area contributed by atoms with Crippen LogP contribution in [0.1, 0.15) is 56.8 Å². The number of aldehydes is 1. The zero-order valence-electron chi connectivity index (χ0n) is 24.3. The summed E-state index contributed by atoms with van der Waals surface area (Å²) in [5.74, 6) is 1.06. The largest absolute Gasteiger partial charge is 0.508 e. The molecule has 0 spiro atoms. The topological polar surface area (TPSA) is 138 Å². The van der Waals surface area contributed by atoms with Crippen LogP contribution < -0.4 is 15.8 Å². The van der Waals surface area contributed by atoms with E-state index in [0.717, 1.165) is 25.5 Å². The molecule has 218 valence electrons. The van der Waals surface area contributed by atoms with Crippen molar-refractivity contribution in [3.8, 4) is 11.6 Å². The Morgan fingerprint density at radius 3 is 2.13 bits per heavy atom. The molecule has 4 rings (SSSR count). The van der Waals surface area contributed by atoms with Crippen molar-refractivity contribution in [1.29, 1.82) is 0 Å². The highest BCUT2D eigenvalue weighted by Crippen LogP contribution is 2.17. The van der Waals surface area contributed by atoms with E-state index in [9.17, 15) is 14.4 Å². The fourth-order valence-corrected chi connectivity index (χ4v) is 3.82. The standard InChI is InChI=1S/C9H10N2O3.C7H13NO.C6H13N.C6H6O.CH5N/c1-6(13)11-8-3-7(5-12)9(14-2)10-4-8;1-7-3-2-4-8(5-7)6-9;1-6-4-3-5-7(6)2;7-6-4-2-1-3-5-6;1-2/h3-5H,1-2H3,(H,11,13);6-7H,2-5H2,1H3;6H,3-5H2,1-2H3;1-5,7H;2H2,1H3/t;;6-;;/m..1../s1. The number of hydrogen-bond donors (Lipinski definition) is 3. The number of piperidine rings is 1. The molecule has 2 aliphatic heterocycles. The van der Waals surface area contributed by atoms with Crippen LogP contribution in [-0.4, -0.2) is 85.4 Å². The molecule has 1 unspecified atom stereocenters. The molecule has 1 aromatic heterocycles. The summed E-state index contributed by atoms with van der Waals surface area (Å²) < 4.78 is 4.84. The van der Waals surface area contributed by atoms with Crippen molar-refractivity contribution in [1.82, 2.24) is 14.8 Å². The maximum Gasteiger partial charge on any atom is 0.223 e. The number of carbonyl (C=O) groups excluding carboxylic acids is 3. The molecule has 10 heteroatoms. The first-order valence-corrected chi connectivity index (χ1v) is 13.2. The number of nitrogens with one attached hydrogen (secondary N) is 1. The third-order valence-corrected chi connectivity index (χ3v) is 6.00. The predicted molar refractivity (Wildman–Crippen MR) is 156 cm³/mol. The molecular weight excluding hydrogens is 498 g/mol. The van der Waals surface area contributed by atoms with Crippen LogP contribution in [0, 0.1) is 5.92 Å². The number of phenols is 1. The number of nitrogens with zero attached hydrogens (tertiary/aromatic N) is 3. The van der Waals surface area contributed by atoms with Gasteiger partial charge in [0.2, 0.25) is 18.2 Å². The Morgan fingerprint density at radius 2 is 1.77 bits per heavy atom. The summed E-state index contributed by atoms with van der Waals surface area (Å²) in [6.45, 7) is 9.09. The number of aromatic nitrogens is 1. The number of carbonyl (C=O) groups is 3. The van der Waals surface area contributed by atoms with E-state index in [1.54, 1.807) is 24.3 Å². The molecule has 2 aromatic rings. The number of amides is 2. The zero-order chi connectivity index (χ0) is 29.6. The molecule has 0 radical (unpaired) electrons. The van der Waals surface area contributed by atoms with Gasteiger partial charge in [0.15, 0.2) is 6.29 Å². The fourth-order valence-electron chi connectivity index (χ4n) is 3.82. The first-order chi connectivity index (χ1) is 18.7. The van der Waals surface area contributed by atoms with Gasteiger partial charge in [0.25, 0.3) is 0 Å². The minimum absolute atomic E-state index is 0.214. The van der Waals surface area contributed by atoms with Crippen molar-refractivity contribution in [3.05, 3.63) is 48.2 Å². The number of phenolic OH excluding ortho intramolecular Hbond substituents is 1. The first kappa shape index (κ1) is 35.5. The Labute approximate surface area is 233 Å². The third kappa shape index (κ3) is 16.2. The molecule has 1 aromatic carbocycles. The van der Waals surface area contributed by atoms with Gasteiger partial charge in [-0.15, -0.1) is 0 Å². The highest BCUT2D eigenvalue weighted by molar-refractivity contribution is 5.90.